The van der Waals surface area contributed by atoms with Gasteiger partial charge >= 0.3 is 66.0 Å². The van der Waals surface area contributed by atoms with Gasteiger partial charge in [-0.2, -0.15) is 0 Å². The minimum atomic E-state index is -4.94. The molecule has 8 heterocycles. The quantitative estimate of drug-likeness (QED) is 0.0810. The van der Waals surface area contributed by atoms with E-state index in [1.54, 1.807) is 97.1 Å². The number of hydrogen-bond acceptors (Lipinski definition) is 26. The van der Waals surface area contributed by atoms with E-state index >= 15 is 0 Å². The number of aromatic nitrogens is 8. The molecule has 8 rings (SSSR count). The maximum Gasteiger partial charge on any atom is 2.00 e. The van der Waals surface area contributed by atoms with Crippen molar-refractivity contribution < 1.29 is 226 Å². The van der Waals surface area contributed by atoms with Crippen molar-refractivity contribution >= 4 is 17.9 Å². The second-order valence-corrected chi connectivity index (χ2v) is 14.9. The zero-order chi connectivity index (χ0) is 58.1. The predicted octanol–water partition coefficient (Wildman–Crippen LogP) is -17.4. The minimum Gasteiger partial charge on any atom is -0.819 e. The van der Waals surface area contributed by atoms with Crippen molar-refractivity contribution in [2.75, 3.05) is 0 Å². The molecular weight excluding hydrogens is 1450 g/mol. The Morgan fingerprint density at radius 3 is 0.413 bits per heavy atom. The molecule has 0 fully saturated rings. The van der Waals surface area contributed by atoms with E-state index in [0.717, 1.165) is 20.8 Å². The molecule has 0 aliphatic carbocycles. The zero-order valence-corrected chi connectivity index (χ0v) is 51.9. The first-order valence-corrected chi connectivity index (χ1v) is 22.5. The van der Waals surface area contributed by atoms with Gasteiger partial charge in [-0.15, -0.1) is 10.2 Å². The van der Waals surface area contributed by atoms with Crippen molar-refractivity contribution in [2.24, 2.45) is 0 Å². The summed E-state index contributed by atoms with van der Waals surface area (Å²) in [7, 11) is -4.94. The summed E-state index contributed by atoms with van der Waals surface area (Å²) in [5.74, 6) is -12.8. The molecule has 37 nitrogen and oxygen atoms in total. The first-order valence-electron chi connectivity index (χ1n) is 21.2. The summed E-state index contributed by atoms with van der Waals surface area (Å²) >= 11 is 0. The fraction of sp³-hybridized carbons (Fsp3) is 0.140. The van der Waals surface area contributed by atoms with Gasteiger partial charge in [0, 0.05) is 67.5 Å². The van der Waals surface area contributed by atoms with Gasteiger partial charge in [0.05, 0.1) is 68.7 Å². The second kappa shape index (κ2) is 62.7. The molecule has 0 unspecified atom stereocenters. The van der Waals surface area contributed by atoms with Gasteiger partial charge in [-0.3, -0.25) is 39.9 Å². The van der Waals surface area contributed by atoms with Crippen LogP contribution < -0.4 is 54.4 Å². The van der Waals surface area contributed by atoms with Crippen LogP contribution in [0.5, 0.6) is 0 Å². The number of pyridine rings is 8. The van der Waals surface area contributed by atoms with Crippen LogP contribution in [0.15, 0.2) is 195 Å². The average Bonchev–Trinajstić information content (AvgIpc) is 1.21. The fourth-order valence-corrected chi connectivity index (χ4v) is 5.03. The van der Waals surface area contributed by atoms with Crippen molar-refractivity contribution in [3.8, 4) is 0 Å². The Kier molecular flexibility index (Phi) is 83.5. The van der Waals surface area contributed by atoms with Crippen LogP contribution in [0.1, 0.15) is 66.3 Å². The van der Waals surface area contributed by atoms with E-state index in [1.807, 2.05) is 0 Å². The van der Waals surface area contributed by atoms with Crippen LogP contribution in [0.3, 0.4) is 0 Å². The van der Waals surface area contributed by atoms with Crippen LogP contribution in [0.2, 0.25) is 0 Å². The third-order valence-electron chi connectivity index (χ3n) is 8.10. The van der Waals surface area contributed by atoms with E-state index in [0.29, 0.717) is 0 Å². The number of carboxylic acid groups (broad SMARTS) is 3. The normalized spacial score (nSPS) is 8.86. The zero-order valence-electron chi connectivity index (χ0n) is 47.2. The smallest absolute Gasteiger partial charge is 0.819 e. The van der Waals surface area contributed by atoms with Gasteiger partial charge < -0.3 is 131 Å². The van der Waals surface area contributed by atoms with Crippen LogP contribution in [0.25, 0.3) is 0 Å². The van der Waals surface area contributed by atoms with Gasteiger partial charge in [-0.25, -0.2) is 18.6 Å². The van der Waals surface area contributed by atoms with Gasteiger partial charge in [-0.1, -0.05) is 48.5 Å². The molecule has 42 heteroatoms. The van der Waals surface area contributed by atoms with E-state index < -0.39 is 51.3 Å². The maximum atomic E-state index is 11.9. The largest absolute Gasteiger partial charge is 2.00 e. The van der Waals surface area contributed by atoms with Gasteiger partial charge in [-0.05, 0) is 118 Å². The first-order chi connectivity index (χ1) is 36.0. The van der Waals surface area contributed by atoms with E-state index in [4.69, 9.17) is 48.3 Å². The van der Waals surface area contributed by atoms with E-state index in [9.17, 15) is 40.9 Å². The Morgan fingerprint density at radius 2 is 0.359 bits per heavy atom. The summed E-state index contributed by atoms with van der Waals surface area (Å²) in [5, 5.41) is 114. The monoisotopic (exact) mass is 1510 g/mol. The van der Waals surface area contributed by atoms with Crippen LogP contribution in [-0.2, 0) is 103 Å². The van der Waals surface area contributed by atoms with Gasteiger partial charge in [0.25, 0.3) is 0 Å². The number of aliphatic carboxylic acids is 3. The fourth-order valence-electron chi connectivity index (χ4n) is 5.03. The third kappa shape index (κ3) is 50.6. The molecule has 0 aromatic carbocycles. The minimum absolute atomic E-state index is 0. The second-order valence-electron chi connectivity index (χ2n) is 14.1. The molecule has 8 aromatic rings. The molecule has 0 atom stereocenters. The summed E-state index contributed by atoms with van der Waals surface area (Å²) in [4.78, 5) is 57.3. The molecule has 26 N–H and O–H groups in total. The maximum absolute atomic E-state index is 11.9. The summed E-state index contributed by atoms with van der Waals surface area (Å²) in [6.07, 6.45) is 11.7. The Morgan fingerprint density at radius 1 is 0.283 bits per heavy atom. The van der Waals surface area contributed by atoms with Crippen LogP contribution in [0, 0.1) is 10.2 Å². The molecule has 0 bridgehead atoms. The SMILES string of the molecule is CC(=O)[O-].CC(=O)[O-].CC(=O)[O-].O.O.O.O.O.O.O.O.O.O.O.[Ni+2].[Ni+2].[Ni+2].[Ni+2].[O-]C(O)(c1ccccn1)c1ccccn1.[O-]C(O)(c1ccccn1)c1ccccn1.[O-]C(O)(c1ccccn1)c1ccccn1.[O-]C(O)(c1ccccn1)c1ccccn1.[O-][Cl+3]([O-])([O-])[O-]. The van der Waals surface area contributed by atoms with Crippen molar-refractivity contribution in [1.29, 1.82) is 0 Å². The number of carbonyl (C=O) groups is 3. The summed E-state index contributed by atoms with van der Waals surface area (Å²) < 4.78 is 34.0. The van der Waals surface area contributed by atoms with Gasteiger partial charge in [0.2, 0.25) is 0 Å². The van der Waals surface area contributed by atoms with Crippen LogP contribution >= 0.6 is 0 Å². The number of carbonyl (C=O) groups excluding carboxylic acids is 3. The van der Waals surface area contributed by atoms with Gasteiger partial charge in [0.15, 0.2) is 0 Å². The molecule has 0 aliphatic heterocycles. The summed E-state index contributed by atoms with van der Waals surface area (Å²) in [6, 6.07) is 38.4. The molecule has 0 aliphatic rings. The standard InChI is InChI=1S/4C11H9N2O2.3C2H4O2.ClHO4.4Ni.11H2O/c4*14-11(15,9-5-1-3-7-12-9)10-6-2-4-8-13-10;3*1-2(3)4;2-1(3,4)5;;;;;;;;;;;;;;;/h4*1-8,14H;3*1H3,(H,3,4);(H,2,3,4,5);;;;;11*1H2/q4*-1;;;;;4*+2;;;;;;;;;;;/p-4. The Hall–Kier alpha value is -7.05. The van der Waals surface area contributed by atoms with Gasteiger partial charge in [0.1, 0.15) is 0 Å². The van der Waals surface area contributed by atoms with E-state index in [1.165, 1.54) is 98.1 Å². The first kappa shape index (κ1) is 122. The van der Waals surface area contributed by atoms with E-state index in [2.05, 4.69) is 39.9 Å². The molecule has 92 heavy (non-hydrogen) atoms. The van der Waals surface area contributed by atoms with Crippen LogP contribution in [0.4, 0.5) is 0 Å². The topological polar surface area (TPSA) is 835 Å². The van der Waals surface area contributed by atoms with Crippen molar-refractivity contribution in [3.05, 3.63) is 241 Å². The number of carboxylic acids is 3. The number of nitrogens with zero attached hydrogens (tertiary/aromatic N) is 8. The average molecular weight is 1510 g/mol. The Balaban J connectivity index is -0.0000000580. The van der Waals surface area contributed by atoms with Crippen LogP contribution in [-0.4, -0.2) is 138 Å². The molecular formula is C50H67ClN8Ni4O29. The van der Waals surface area contributed by atoms with Crippen molar-refractivity contribution in [1.82, 2.24) is 39.9 Å². The molecule has 0 saturated carbocycles. The summed E-state index contributed by atoms with van der Waals surface area (Å²) in [5.41, 5.74) is 0.361. The van der Waals surface area contributed by atoms with Crippen molar-refractivity contribution in [2.45, 2.75) is 43.9 Å². The number of hydrogen-bond donors (Lipinski definition) is 4. The molecule has 0 saturated heterocycles. The van der Waals surface area contributed by atoms with Crippen molar-refractivity contribution in [3.63, 3.8) is 0 Å². The van der Waals surface area contributed by atoms with E-state index in [-0.39, 0.29) is 172 Å². The Labute approximate surface area is 565 Å². The predicted molar refractivity (Wildman–Crippen MR) is 278 cm³/mol. The number of aliphatic hydroxyl groups is 4. The molecule has 8 aromatic heterocycles. The molecule has 0 spiro atoms. The number of halogens is 1. The Bertz CT molecular complexity index is 2340. The number of rotatable bonds is 8. The molecule has 0 amide bonds. The summed E-state index contributed by atoms with van der Waals surface area (Å²) in [6.45, 7) is 2.92. The molecule has 0 radical (unpaired) electrons. The third-order valence-corrected chi connectivity index (χ3v) is 8.10. The molecule has 528 valence electrons.